The van der Waals surface area contributed by atoms with Crippen LogP contribution in [-0.4, -0.2) is 9.55 Å². The standard InChI is InChI=1S/C15H17Cl2FN2/c1-9-3-2-4-10(9)8-20-14-6-12(18)11(17)5-13(14)19-15(20)7-16/h5-6,9-10H,2-4,7-8H2,1H3. The molecule has 1 fully saturated rings. The third-order valence-corrected chi connectivity index (χ3v) is 4.97. The van der Waals surface area contributed by atoms with Gasteiger partial charge in [-0.2, -0.15) is 0 Å². The van der Waals surface area contributed by atoms with Gasteiger partial charge < -0.3 is 4.57 Å². The van der Waals surface area contributed by atoms with Crippen LogP contribution >= 0.6 is 23.2 Å². The number of hydrogen-bond donors (Lipinski definition) is 0. The Morgan fingerprint density at radius 1 is 1.40 bits per heavy atom. The highest BCUT2D eigenvalue weighted by Gasteiger charge is 2.25. The van der Waals surface area contributed by atoms with E-state index in [0.29, 0.717) is 17.7 Å². The van der Waals surface area contributed by atoms with Gasteiger partial charge in [0.15, 0.2) is 0 Å². The van der Waals surface area contributed by atoms with Crippen LogP contribution in [0.15, 0.2) is 12.1 Å². The lowest BCUT2D eigenvalue weighted by atomic mass is 9.98. The van der Waals surface area contributed by atoms with E-state index < -0.39 is 5.82 Å². The van der Waals surface area contributed by atoms with E-state index in [1.165, 1.54) is 25.3 Å². The van der Waals surface area contributed by atoms with Crippen LogP contribution in [0.25, 0.3) is 11.0 Å². The van der Waals surface area contributed by atoms with E-state index >= 15 is 0 Å². The maximum Gasteiger partial charge on any atom is 0.144 e. The minimum Gasteiger partial charge on any atom is -0.327 e. The molecule has 0 saturated heterocycles. The Morgan fingerprint density at radius 3 is 2.85 bits per heavy atom. The molecule has 1 heterocycles. The van der Waals surface area contributed by atoms with Gasteiger partial charge in [0.25, 0.3) is 0 Å². The van der Waals surface area contributed by atoms with Crippen LogP contribution in [0.3, 0.4) is 0 Å². The largest absolute Gasteiger partial charge is 0.327 e. The van der Waals surface area contributed by atoms with Crippen molar-refractivity contribution in [3.05, 3.63) is 28.8 Å². The van der Waals surface area contributed by atoms with E-state index in [1.807, 2.05) is 0 Å². The van der Waals surface area contributed by atoms with E-state index in [4.69, 9.17) is 23.2 Å². The van der Waals surface area contributed by atoms with Crippen LogP contribution in [0.5, 0.6) is 0 Å². The summed E-state index contributed by atoms with van der Waals surface area (Å²) < 4.78 is 15.8. The lowest BCUT2D eigenvalue weighted by molar-refractivity contribution is 0.364. The fraction of sp³-hybridized carbons (Fsp3) is 0.533. The Hall–Kier alpha value is -0.800. The maximum absolute atomic E-state index is 13.7. The summed E-state index contributed by atoms with van der Waals surface area (Å²) in [6.45, 7) is 3.15. The summed E-state index contributed by atoms with van der Waals surface area (Å²) in [7, 11) is 0. The van der Waals surface area contributed by atoms with Crippen molar-refractivity contribution in [3.8, 4) is 0 Å². The second-order valence-corrected chi connectivity index (χ2v) is 6.37. The number of hydrogen-bond acceptors (Lipinski definition) is 1. The van der Waals surface area contributed by atoms with E-state index in [0.717, 1.165) is 23.4 Å². The second kappa shape index (κ2) is 5.53. The fourth-order valence-corrected chi connectivity index (χ4v) is 3.57. The molecule has 1 saturated carbocycles. The van der Waals surface area contributed by atoms with Crippen LogP contribution < -0.4 is 0 Å². The lowest BCUT2D eigenvalue weighted by Crippen LogP contribution is -2.15. The molecule has 0 aliphatic heterocycles. The number of alkyl halides is 1. The number of imidazole rings is 1. The molecule has 0 spiro atoms. The van der Waals surface area contributed by atoms with Crippen LogP contribution in [0.2, 0.25) is 5.02 Å². The molecule has 2 atom stereocenters. The molecule has 3 rings (SSSR count). The molecular formula is C15H17Cl2FN2. The normalized spacial score (nSPS) is 22.8. The molecule has 1 aliphatic carbocycles. The molecular weight excluding hydrogens is 298 g/mol. The van der Waals surface area contributed by atoms with Crippen molar-refractivity contribution in [1.82, 2.24) is 9.55 Å². The van der Waals surface area contributed by atoms with Gasteiger partial charge >= 0.3 is 0 Å². The van der Waals surface area contributed by atoms with Gasteiger partial charge in [0, 0.05) is 12.6 Å². The summed E-state index contributed by atoms with van der Waals surface area (Å²) in [5.41, 5.74) is 1.51. The van der Waals surface area contributed by atoms with Gasteiger partial charge in [-0.15, -0.1) is 11.6 Å². The van der Waals surface area contributed by atoms with Gasteiger partial charge in [-0.25, -0.2) is 9.37 Å². The van der Waals surface area contributed by atoms with Gasteiger partial charge in [-0.05, 0) is 24.3 Å². The third-order valence-electron chi connectivity index (χ3n) is 4.45. The summed E-state index contributed by atoms with van der Waals surface area (Å²) in [5, 5.41) is 0.109. The van der Waals surface area contributed by atoms with E-state index in [2.05, 4.69) is 16.5 Å². The van der Waals surface area contributed by atoms with Crippen LogP contribution in [0.4, 0.5) is 4.39 Å². The zero-order valence-electron chi connectivity index (χ0n) is 11.4. The summed E-state index contributed by atoms with van der Waals surface area (Å²) in [4.78, 5) is 4.48. The van der Waals surface area contributed by atoms with E-state index in [9.17, 15) is 4.39 Å². The molecule has 0 radical (unpaired) electrons. The average molecular weight is 315 g/mol. The topological polar surface area (TPSA) is 17.8 Å². The van der Waals surface area contributed by atoms with Gasteiger partial charge in [-0.3, -0.25) is 0 Å². The van der Waals surface area contributed by atoms with Gasteiger partial charge in [0.2, 0.25) is 0 Å². The van der Waals surface area contributed by atoms with Crippen molar-refractivity contribution in [2.45, 2.75) is 38.6 Å². The van der Waals surface area contributed by atoms with Crippen molar-refractivity contribution >= 4 is 34.2 Å². The smallest absolute Gasteiger partial charge is 0.144 e. The number of halogens is 3. The molecule has 2 aromatic rings. The first-order valence-electron chi connectivity index (χ1n) is 7.00. The molecule has 0 bridgehead atoms. The average Bonchev–Trinajstić information content (AvgIpc) is 2.96. The summed E-state index contributed by atoms with van der Waals surface area (Å²) in [6.07, 6.45) is 3.77. The fourth-order valence-electron chi connectivity index (χ4n) is 3.20. The predicted octanol–water partition coefficient (Wildman–Crippen LogP) is 5.00. The quantitative estimate of drug-likeness (QED) is 0.729. The van der Waals surface area contributed by atoms with Crippen molar-refractivity contribution in [3.63, 3.8) is 0 Å². The molecule has 2 unspecified atom stereocenters. The number of aromatic nitrogens is 2. The Labute approximate surface area is 127 Å². The van der Waals surface area contributed by atoms with Crippen molar-refractivity contribution < 1.29 is 4.39 Å². The lowest BCUT2D eigenvalue weighted by Gasteiger charge is -2.18. The highest BCUT2D eigenvalue weighted by molar-refractivity contribution is 6.31. The second-order valence-electron chi connectivity index (χ2n) is 5.70. The monoisotopic (exact) mass is 314 g/mol. The molecule has 0 amide bonds. The number of rotatable bonds is 3. The Kier molecular flexibility index (Phi) is 3.91. The molecule has 2 nitrogen and oxygen atoms in total. The molecule has 0 N–H and O–H groups in total. The molecule has 108 valence electrons. The van der Waals surface area contributed by atoms with E-state index in [-0.39, 0.29) is 5.02 Å². The van der Waals surface area contributed by atoms with Crippen molar-refractivity contribution in [2.75, 3.05) is 0 Å². The molecule has 1 aliphatic rings. The van der Waals surface area contributed by atoms with Crippen LogP contribution in [0.1, 0.15) is 32.0 Å². The Bertz CT molecular complexity index is 638. The number of fused-ring (bicyclic) bond motifs is 1. The van der Waals surface area contributed by atoms with Gasteiger partial charge in [0.1, 0.15) is 11.6 Å². The van der Waals surface area contributed by atoms with Crippen LogP contribution in [-0.2, 0) is 12.4 Å². The SMILES string of the molecule is CC1CCCC1Cn1c(CCl)nc2cc(Cl)c(F)cc21. The molecule has 1 aromatic heterocycles. The molecule has 5 heteroatoms. The first kappa shape index (κ1) is 14.2. The first-order valence-corrected chi connectivity index (χ1v) is 7.91. The van der Waals surface area contributed by atoms with Crippen molar-refractivity contribution in [2.24, 2.45) is 11.8 Å². The summed E-state index contributed by atoms with van der Waals surface area (Å²) >= 11 is 11.8. The predicted molar refractivity (Wildman–Crippen MR) is 80.8 cm³/mol. The maximum atomic E-state index is 13.7. The Balaban J connectivity index is 2.05. The van der Waals surface area contributed by atoms with Gasteiger partial charge in [0.05, 0.1) is 21.9 Å². The minimum atomic E-state index is -0.402. The highest BCUT2D eigenvalue weighted by Crippen LogP contribution is 2.34. The molecule has 20 heavy (non-hydrogen) atoms. The van der Waals surface area contributed by atoms with Crippen molar-refractivity contribution in [1.29, 1.82) is 0 Å². The first-order chi connectivity index (χ1) is 9.60. The van der Waals surface area contributed by atoms with Crippen LogP contribution in [0, 0.1) is 17.7 Å². The highest BCUT2D eigenvalue weighted by atomic mass is 35.5. The van der Waals surface area contributed by atoms with Gasteiger partial charge in [-0.1, -0.05) is 31.4 Å². The Morgan fingerprint density at radius 2 is 2.20 bits per heavy atom. The molecule has 1 aromatic carbocycles. The summed E-state index contributed by atoms with van der Waals surface area (Å²) in [6, 6.07) is 3.05. The number of benzene rings is 1. The van der Waals surface area contributed by atoms with E-state index in [1.54, 1.807) is 6.07 Å². The zero-order chi connectivity index (χ0) is 14.3. The third kappa shape index (κ3) is 2.42. The number of nitrogens with zero attached hydrogens (tertiary/aromatic N) is 2. The summed E-state index contributed by atoms with van der Waals surface area (Å²) in [5.74, 6) is 2.04. The zero-order valence-corrected chi connectivity index (χ0v) is 12.9. The minimum absolute atomic E-state index is 0.109.